The molecule has 1 aromatic heterocycles. The van der Waals surface area contributed by atoms with Crippen molar-refractivity contribution in [3.8, 4) is 0 Å². The molecular formula is C14H17FN4OS. The highest BCUT2D eigenvalue weighted by molar-refractivity contribution is 7.22. The topological polar surface area (TPSA) is 48.5 Å². The van der Waals surface area contributed by atoms with Gasteiger partial charge in [0, 0.05) is 32.7 Å². The van der Waals surface area contributed by atoms with Gasteiger partial charge in [0.2, 0.25) is 0 Å². The zero-order valence-electron chi connectivity index (χ0n) is 11.8. The number of thiazole rings is 1. The Bertz CT molecular complexity index is 651. The van der Waals surface area contributed by atoms with Gasteiger partial charge in [-0.3, -0.25) is 0 Å². The van der Waals surface area contributed by atoms with Gasteiger partial charge in [-0.15, -0.1) is 0 Å². The Morgan fingerprint density at radius 3 is 2.86 bits per heavy atom. The third-order valence-electron chi connectivity index (χ3n) is 3.50. The van der Waals surface area contributed by atoms with E-state index >= 15 is 0 Å². The molecule has 1 aromatic carbocycles. The summed E-state index contributed by atoms with van der Waals surface area (Å²) in [5.41, 5.74) is 0.822. The monoisotopic (exact) mass is 308 g/mol. The summed E-state index contributed by atoms with van der Waals surface area (Å²) in [6.45, 7) is 5.40. The number of benzene rings is 1. The summed E-state index contributed by atoms with van der Waals surface area (Å²) in [5.74, 6) is -0.237. The number of nitrogens with one attached hydrogen (secondary N) is 1. The van der Waals surface area contributed by atoms with E-state index in [0.717, 1.165) is 28.4 Å². The Morgan fingerprint density at radius 2 is 2.14 bits per heavy atom. The number of fused-ring (bicyclic) bond motifs is 1. The second-order valence-corrected chi connectivity index (χ2v) is 5.93. The maximum absolute atomic E-state index is 13.2. The van der Waals surface area contributed by atoms with Gasteiger partial charge in [0.15, 0.2) is 5.13 Å². The molecule has 0 unspecified atom stereocenters. The van der Waals surface area contributed by atoms with Crippen LogP contribution in [0.5, 0.6) is 0 Å². The van der Waals surface area contributed by atoms with Crippen molar-refractivity contribution < 1.29 is 9.18 Å². The first kappa shape index (κ1) is 14.1. The van der Waals surface area contributed by atoms with Crippen molar-refractivity contribution in [1.29, 1.82) is 0 Å². The van der Waals surface area contributed by atoms with E-state index in [-0.39, 0.29) is 11.8 Å². The zero-order chi connectivity index (χ0) is 14.8. The van der Waals surface area contributed by atoms with Crippen molar-refractivity contribution in [2.24, 2.45) is 0 Å². The van der Waals surface area contributed by atoms with Gasteiger partial charge in [0.25, 0.3) is 0 Å². The van der Waals surface area contributed by atoms with E-state index in [0.29, 0.717) is 19.6 Å². The molecule has 1 N–H and O–H groups in total. The van der Waals surface area contributed by atoms with Crippen LogP contribution in [0.1, 0.15) is 6.92 Å². The van der Waals surface area contributed by atoms with Gasteiger partial charge in [-0.25, -0.2) is 14.2 Å². The maximum Gasteiger partial charge on any atom is 0.317 e. The average molecular weight is 308 g/mol. The molecule has 0 saturated carbocycles. The number of urea groups is 1. The molecule has 2 heterocycles. The SMILES string of the molecule is CCNC(=O)N1CCN(c2nc3ccc(F)cc3s2)CC1. The first-order valence-corrected chi connectivity index (χ1v) is 7.83. The molecule has 1 aliphatic rings. The fourth-order valence-corrected chi connectivity index (χ4v) is 3.43. The van der Waals surface area contributed by atoms with Crippen molar-refractivity contribution >= 4 is 32.7 Å². The minimum atomic E-state index is -0.237. The second-order valence-electron chi connectivity index (χ2n) is 4.92. The molecule has 2 amide bonds. The van der Waals surface area contributed by atoms with Crippen molar-refractivity contribution in [2.45, 2.75) is 6.92 Å². The molecule has 7 heteroatoms. The minimum Gasteiger partial charge on any atom is -0.345 e. The van der Waals surface area contributed by atoms with Crippen molar-refractivity contribution in [3.63, 3.8) is 0 Å². The molecular weight excluding hydrogens is 291 g/mol. The van der Waals surface area contributed by atoms with E-state index in [9.17, 15) is 9.18 Å². The van der Waals surface area contributed by atoms with Crippen LogP contribution in [0, 0.1) is 5.82 Å². The van der Waals surface area contributed by atoms with Crippen LogP contribution in [0.2, 0.25) is 0 Å². The smallest absolute Gasteiger partial charge is 0.317 e. The second kappa shape index (κ2) is 5.85. The quantitative estimate of drug-likeness (QED) is 0.926. The average Bonchev–Trinajstić information content (AvgIpc) is 2.90. The highest BCUT2D eigenvalue weighted by Gasteiger charge is 2.22. The van der Waals surface area contributed by atoms with E-state index in [2.05, 4.69) is 15.2 Å². The number of anilines is 1. The normalized spacial score (nSPS) is 15.5. The molecule has 1 aliphatic heterocycles. The first-order valence-electron chi connectivity index (χ1n) is 7.01. The van der Waals surface area contributed by atoms with Gasteiger partial charge in [0.1, 0.15) is 5.82 Å². The third kappa shape index (κ3) is 2.92. The fraction of sp³-hybridized carbons (Fsp3) is 0.429. The summed E-state index contributed by atoms with van der Waals surface area (Å²) in [5, 5.41) is 3.71. The number of aromatic nitrogens is 1. The van der Waals surface area contributed by atoms with E-state index in [4.69, 9.17) is 0 Å². The van der Waals surface area contributed by atoms with Gasteiger partial charge in [-0.1, -0.05) is 11.3 Å². The third-order valence-corrected chi connectivity index (χ3v) is 4.58. The highest BCUT2D eigenvalue weighted by atomic mass is 32.1. The lowest BCUT2D eigenvalue weighted by atomic mass is 10.3. The Kier molecular flexibility index (Phi) is 3.92. The Morgan fingerprint density at radius 1 is 1.38 bits per heavy atom. The lowest BCUT2D eigenvalue weighted by Crippen LogP contribution is -2.51. The van der Waals surface area contributed by atoms with Gasteiger partial charge in [-0.2, -0.15) is 0 Å². The van der Waals surface area contributed by atoms with E-state index in [1.807, 2.05) is 11.8 Å². The maximum atomic E-state index is 13.2. The lowest BCUT2D eigenvalue weighted by Gasteiger charge is -2.34. The largest absolute Gasteiger partial charge is 0.345 e. The molecule has 2 aromatic rings. The molecule has 3 rings (SSSR count). The van der Waals surface area contributed by atoms with Gasteiger partial charge in [0.05, 0.1) is 10.2 Å². The van der Waals surface area contributed by atoms with Gasteiger partial charge in [-0.05, 0) is 25.1 Å². The summed E-state index contributed by atoms with van der Waals surface area (Å²) in [4.78, 5) is 20.3. The number of carbonyl (C=O) groups is 1. The summed E-state index contributed by atoms with van der Waals surface area (Å²) in [7, 11) is 0. The van der Waals surface area contributed by atoms with Crippen LogP contribution in [0.15, 0.2) is 18.2 Å². The number of carbonyl (C=O) groups excluding carboxylic acids is 1. The van der Waals surface area contributed by atoms with E-state index < -0.39 is 0 Å². The first-order chi connectivity index (χ1) is 10.2. The predicted molar refractivity (Wildman–Crippen MR) is 82.4 cm³/mol. The number of amides is 2. The van der Waals surface area contributed by atoms with E-state index in [1.54, 1.807) is 6.07 Å². The van der Waals surface area contributed by atoms with Crippen LogP contribution in [0.3, 0.4) is 0 Å². The van der Waals surface area contributed by atoms with E-state index in [1.165, 1.54) is 23.5 Å². The Labute approximate surface area is 126 Å². The predicted octanol–water partition coefficient (Wildman–Crippen LogP) is 2.29. The summed E-state index contributed by atoms with van der Waals surface area (Å²) < 4.78 is 14.1. The molecule has 0 atom stereocenters. The molecule has 21 heavy (non-hydrogen) atoms. The highest BCUT2D eigenvalue weighted by Crippen LogP contribution is 2.29. The summed E-state index contributed by atoms with van der Waals surface area (Å²) >= 11 is 1.49. The standard InChI is InChI=1S/C14H17FN4OS/c1-2-16-13(20)18-5-7-19(8-6-18)14-17-11-4-3-10(15)9-12(11)21-14/h3-4,9H,2,5-8H2,1H3,(H,16,20). The number of rotatable bonds is 2. The fourth-order valence-electron chi connectivity index (χ4n) is 2.39. The van der Waals surface area contributed by atoms with Crippen LogP contribution >= 0.6 is 11.3 Å². The zero-order valence-corrected chi connectivity index (χ0v) is 12.6. The van der Waals surface area contributed by atoms with Crippen LogP contribution in [-0.4, -0.2) is 48.6 Å². The molecule has 1 saturated heterocycles. The van der Waals surface area contributed by atoms with Crippen LogP contribution in [-0.2, 0) is 0 Å². The van der Waals surface area contributed by atoms with Crippen LogP contribution in [0.25, 0.3) is 10.2 Å². The molecule has 0 radical (unpaired) electrons. The molecule has 5 nitrogen and oxygen atoms in total. The van der Waals surface area contributed by atoms with Crippen molar-refractivity contribution in [2.75, 3.05) is 37.6 Å². The molecule has 1 fully saturated rings. The molecule has 0 aliphatic carbocycles. The van der Waals surface area contributed by atoms with Crippen molar-refractivity contribution in [1.82, 2.24) is 15.2 Å². The minimum absolute atomic E-state index is 0.0106. The number of hydrogen-bond donors (Lipinski definition) is 1. The summed E-state index contributed by atoms with van der Waals surface area (Å²) in [6.07, 6.45) is 0. The molecule has 112 valence electrons. The van der Waals surface area contributed by atoms with Gasteiger partial charge >= 0.3 is 6.03 Å². The van der Waals surface area contributed by atoms with Crippen molar-refractivity contribution in [3.05, 3.63) is 24.0 Å². The van der Waals surface area contributed by atoms with Crippen LogP contribution < -0.4 is 10.2 Å². The number of piperazine rings is 1. The summed E-state index contributed by atoms with van der Waals surface area (Å²) in [6, 6.07) is 4.64. The molecule has 0 spiro atoms. The van der Waals surface area contributed by atoms with Crippen LogP contribution in [0.4, 0.5) is 14.3 Å². The number of nitrogens with zero attached hydrogens (tertiary/aromatic N) is 3. The Hall–Kier alpha value is -1.89. The number of hydrogen-bond acceptors (Lipinski definition) is 4. The molecule has 0 bridgehead atoms. The Balaban J connectivity index is 1.69. The lowest BCUT2D eigenvalue weighted by molar-refractivity contribution is 0.195. The number of halogens is 1. The van der Waals surface area contributed by atoms with Gasteiger partial charge < -0.3 is 15.1 Å².